The molecule has 1 aliphatic heterocycles. The zero-order valence-corrected chi connectivity index (χ0v) is 13.0. The third-order valence-corrected chi connectivity index (χ3v) is 4.93. The standard InChI is InChI=1S/C14H21NO5S/c1-3-19-13-6-10(7-15-2)4-5-12(13)20-14-9-21(17,18)8-11(14)16/h4-6,11,14-16H,3,7-9H2,1-2H3. The third-order valence-electron chi connectivity index (χ3n) is 3.24. The maximum Gasteiger partial charge on any atom is 0.161 e. The lowest BCUT2D eigenvalue weighted by atomic mass is 10.2. The molecule has 21 heavy (non-hydrogen) atoms. The Morgan fingerprint density at radius 2 is 2.10 bits per heavy atom. The van der Waals surface area contributed by atoms with Gasteiger partial charge < -0.3 is 19.9 Å². The molecule has 1 heterocycles. The van der Waals surface area contributed by atoms with Crippen molar-refractivity contribution in [3.05, 3.63) is 23.8 Å². The topological polar surface area (TPSA) is 84.9 Å². The van der Waals surface area contributed by atoms with Gasteiger partial charge in [0.1, 0.15) is 12.2 Å². The van der Waals surface area contributed by atoms with Crippen LogP contribution in [0.4, 0.5) is 0 Å². The van der Waals surface area contributed by atoms with Gasteiger partial charge in [0.15, 0.2) is 21.3 Å². The monoisotopic (exact) mass is 315 g/mol. The van der Waals surface area contributed by atoms with Crippen molar-refractivity contribution in [3.8, 4) is 11.5 Å². The molecule has 1 aromatic rings. The Balaban J connectivity index is 2.19. The van der Waals surface area contributed by atoms with E-state index in [1.807, 2.05) is 26.1 Å². The largest absolute Gasteiger partial charge is 0.490 e. The van der Waals surface area contributed by atoms with Gasteiger partial charge in [-0.05, 0) is 31.7 Å². The smallest absolute Gasteiger partial charge is 0.161 e. The van der Waals surface area contributed by atoms with Crippen LogP contribution in [0.3, 0.4) is 0 Å². The fourth-order valence-electron chi connectivity index (χ4n) is 2.30. The van der Waals surface area contributed by atoms with Gasteiger partial charge in [0, 0.05) is 6.54 Å². The van der Waals surface area contributed by atoms with Gasteiger partial charge in [0.2, 0.25) is 0 Å². The van der Waals surface area contributed by atoms with E-state index in [2.05, 4.69) is 5.32 Å². The molecule has 2 unspecified atom stereocenters. The second-order valence-corrected chi connectivity index (χ2v) is 7.20. The molecule has 2 N–H and O–H groups in total. The third kappa shape index (κ3) is 4.09. The molecule has 1 aromatic carbocycles. The van der Waals surface area contributed by atoms with E-state index in [9.17, 15) is 13.5 Å². The van der Waals surface area contributed by atoms with Gasteiger partial charge in [-0.15, -0.1) is 0 Å². The first-order valence-corrected chi connectivity index (χ1v) is 8.72. The van der Waals surface area contributed by atoms with Crippen molar-refractivity contribution in [2.75, 3.05) is 25.2 Å². The lowest BCUT2D eigenvalue weighted by molar-refractivity contribution is 0.0713. The quantitative estimate of drug-likeness (QED) is 0.787. The Kier molecular flexibility index (Phi) is 5.08. The fraction of sp³-hybridized carbons (Fsp3) is 0.571. The number of rotatable bonds is 6. The van der Waals surface area contributed by atoms with Gasteiger partial charge in [0.05, 0.1) is 18.1 Å². The van der Waals surface area contributed by atoms with Crippen molar-refractivity contribution in [1.29, 1.82) is 0 Å². The molecule has 0 spiro atoms. The van der Waals surface area contributed by atoms with Gasteiger partial charge in [-0.3, -0.25) is 0 Å². The van der Waals surface area contributed by atoms with Crippen LogP contribution in [-0.2, 0) is 16.4 Å². The summed E-state index contributed by atoms with van der Waals surface area (Å²) in [4.78, 5) is 0. The van der Waals surface area contributed by atoms with E-state index in [-0.39, 0.29) is 11.5 Å². The van der Waals surface area contributed by atoms with Crippen LogP contribution >= 0.6 is 0 Å². The number of aliphatic hydroxyl groups is 1. The highest BCUT2D eigenvalue weighted by molar-refractivity contribution is 7.91. The van der Waals surface area contributed by atoms with E-state index >= 15 is 0 Å². The average Bonchev–Trinajstić information content (AvgIpc) is 2.66. The molecule has 1 aliphatic rings. The Bertz CT molecular complexity index is 587. The highest BCUT2D eigenvalue weighted by Gasteiger charge is 2.38. The van der Waals surface area contributed by atoms with Crippen LogP contribution in [0.25, 0.3) is 0 Å². The van der Waals surface area contributed by atoms with Gasteiger partial charge in [-0.1, -0.05) is 6.07 Å². The number of sulfone groups is 1. The summed E-state index contributed by atoms with van der Waals surface area (Å²) >= 11 is 0. The van der Waals surface area contributed by atoms with Gasteiger partial charge in [-0.25, -0.2) is 8.42 Å². The van der Waals surface area contributed by atoms with Gasteiger partial charge >= 0.3 is 0 Å². The number of aliphatic hydroxyl groups excluding tert-OH is 1. The van der Waals surface area contributed by atoms with Gasteiger partial charge in [0.25, 0.3) is 0 Å². The van der Waals surface area contributed by atoms with Crippen molar-refractivity contribution in [2.45, 2.75) is 25.7 Å². The first-order chi connectivity index (χ1) is 9.95. The Hall–Kier alpha value is -1.31. The summed E-state index contributed by atoms with van der Waals surface area (Å²) in [5, 5.41) is 12.8. The Labute approximate surface area is 125 Å². The average molecular weight is 315 g/mol. The van der Waals surface area contributed by atoms with Crippen molar-refractivity contribution in [3.63, 3.8) is 0 Å². The maximum absolute atomic E-state index is 11.5. The van der Waals surface area contributed by atoms with Gasteiger partial charge in [-0.2, -0.15) is 0 Å². The molecule has 1 fully saturated rings. The molecule has 0 aliphatic carbocycles. The fourth-order valence-corrected chi connectivity index (χ4v) is 3.97. The predicted octanol–water partition coefficient (Wildman–Crippen LogP) is 0.341. The number of benzene rings is 1. The summed E-state index contributed by atoms with van der Waals surface area (Å²) in [6.45, 7) is 3.04. The summed E-state index contributed by atoms with van der Waals surface area (Å²) in [6.07, 6.45) is -1.74. The van der Waals surface area contributed by atoms with Crippen LogP contribution in [0.5, 0.6) is 11.5 Å². The van der Waals surface area contributed by atoms with Crippen molar-refractivity contribution in [2.24, 2.45) is 0 Å². The molecule has 118 valence electrons. The van der Waals surface area contributed by atoms with E-state index in [0.29, 0.717) is 24.7 Å². The minimum absolute atomic E-state index is 0.169. The first kappa shape index (κ1) is 16.1. The van der Waals surface area contributed by atoms with Crippen LogP contribution in [-0.4, -0.2) is 50.9 Å². The zero-order valence-electron chi connectivity index (χ0n) is 12.2. The molecule has 0 amide bonds. The number of hydrogen-bond acceptors (Lipinski definition) is 6. The summed E-state index contributed by atoms with van der Waals surface area (Å²) in [7, 11) is -1.38. The Morgan fingerprint density at radius 3 is 2.67 bits per heavy atom. The van der Waals surface area contributed by atoms with E-state index in [4.69, 9.17) is 9.47 Å². The molecule has 6 nitrogen and oxygen atoms in total. The molecule has 0 aromatic heterocycles. The minimum Gasteiger partial charge on any atom is -0.490 e. The lowest BCUT2D eigenvalue weighted by Gasteiger charge is -2.19. The zero-order chi connectivity index (χ0) is 15.5. The van der Waals surface area contributed by atoms with E-state index in [0.717, 1.165) is 5.56 Å². The lowest BCUT2D eigenvalue weighted by Crippen LogP contribution is -2.30. The number of nitrogens with one attached hydrogen (secondary N) is 1. The molecule has 7 heteroatoms. The highest BCUT2D eigenvalue weighted by Crippen LogP contribution is 2.31. The molecule has 2 atom stereocenters. The van der Waals surface area contributed by atoms with E-state index < -0.39 is 22.0 Å². The number of hydrogen-bond donors (Lipinski definition) is 2. The maximum atomic E-state index is 11.5. The van der Waals surface area contributed by atoms with Crippen LogP contribution in [0.15, 0.2) is 18.2 Å². The second kappa shape index (κ2) is 6.64. The van der Waals surface area contributed by atoms with Crippen molar-refractivity contribution < 1.29 is 23.0 Å². The van der Waals surface area contributed by atoms with Crippen LogP contribution in [0, 0.1) is 0 Å². The molecule has 0 bridgehead atoms. The summed E-state index contributed by atoms with van der Waals surface area (Å²) in [5.74, 6) is 0.594. The molecule has 1 saturated heterocycles. The summed E-state index contributed by atoms with van der Waals surface area (Å²) in [6, 6.07) is 5.48. The van der Waals surface area contributed by atoms with Crippen LogP contribution in [0.2, 0.25) is 0 Å². The molecular formula is C14H21NO5S. The molecule has 0 radical (unpaired) electrons. The normalized spacial score (nSPS) is 24.0. The Morgan fingerprint density at radius 1 is 1.33 bits per heavy atom. The SMILES string of the molecule is CCOc1cc(CNC)ccc1OC1CS(=O)(=O)CC1O. The second-order valence-electron chi connectivity index (χ2n) is 5.04. The molecule has 0 saturated carbocycles. The van der Waals surface area contributed by atoms with Crippen molar-refractivity contribution >= 4 is 9.84 Å². The van der Waals surface area contributed by atoms with E-state index in [1.165, 1.54) is 0 Å². The van der Waals surface area contributed by atoms with E-state index in [1.54, 1.807) is 6.07 Å². The first-order valence-electron chi connectivity index (χ1n) is 6.90. The summed E-state index contributed by atoms with van der Waals surface area (Å²) < 4.78 is 34.2. The summed E-state index contributed by atoms with van der Waals surface area (Å²) in [5.41, 5.74) is 1.04. The molecular weight excluding hydrogens is 294 g/mol. The van der Waals surface area contributed by atoms with Crippen LogP contribution in [0.1, 0.15) is 12.5 Å². The highest BCUT2D eigenvalue weighted by atomic mass is 32.2. The van der Waals surface area contributed by atoms with Crippen LogP contribution < -0.4 is 14.8 Å². The minimum atomic E-state index is -3.23. The number of ether oxygens (including phenoxy) is 2. The molecule has 2 rings (SSSR count). The van der Waals surface area contributed by atoms with Crippen molar-refractivity contribution in [1.82, 2.24) is 5.32 Å². The predicted molar refractivity (Wildman–Crippen MR) is 79.5 cm³/mol.